The molecule has 0 saturated heterocycles. The van der Waals surface area contributed by atoms with E-state index in [4.69, 9.17) is 4.42 Å². The molecule has 0 atom stereocenters. The monoisotopic (exact) mass is 340 g/mol. The van der Waals surface area contributed by atoms with Gasteiger partial charge in [-0.1, -0.05) is 39.0 Å². The fourth-order valence-corrected chi connectivity index (χ4v) is 2.72. The number of carbonyl (C=O) groups is 1. The highest BCUT2D eigenvalue weighted by Crippen LogP contribution is 2.23. The smallest absolute Gasteiger partial charge is 0.265 e. The average molecular weight is 340 g/mol. The number of amides is 1. The summed E-state index contributed by atoms with van der Waals surface area (Å²) in [6.45, 7) is 9.57. The predicted molar refractivity (Wildman–Crippen MR) is 95.8 cm³/mol. The van der Waals surface area contributed by atoms with Crippen molar-refractivity contribution in [1.82, 2.24) is 20.6 Å². The lowest BCUT2D eigenvalue weighted by atomic mass is 9.87. The molecule has 25 heavy (non-hydrogen) atoms. The van der Waals surface area contributed by atoms with E-state index in [1.807, 2.05) is 35.4 Å². The lowest BCUT2D eigenvalue weighted by Gasteiger charge is -2.26. The molecule has 132 valence electrons. The van der Waals surface area contributed by atoms with Crippen molar-refractivity contribution in [2.24, 2.45) is 0 Å². The van der Waals surface area contributed by atoms with Gasteiger partial charge in [-0.05, 0) is 29.5 Å². The summed E-state index contributed by atoms with van der Waals surface area (Å²) in [4.78, 5) is 12.4. The van der Waals surface area contributed by atoms with Gasteiger partial charge in [0.25, 0.3) is 5.91 Å². The summed E-state index contributed by atoms with van der Waals surface area (Å²) in [6, 6.07) is 7.78. The summed E-state index contributed by atoms with van der Waals surface area (Å²) in [5, 5.41) is 9.79. The fraction of sp³-hybridized carbons (Fsp3) is 0.421. The van der Waals surface area contributed by atoms with Crippen LogP contribution < -0.4 is 5.43 Å². The van der Waals surface area contributed by atoms with Crippen molar-refractivity contribution in [2.45, 2.75) is 39.5 Å². The van der Waals surface area contributed by atoms with Crippen molar-refractivity contribution in [2.75, 3.05) is 13.1 Å². The van der Waals surface area contributed by atoms with Crippen LogP contribution in [0.5, 0.6) is 0 Å². The lowest BCUT2D eigenvalue weighted by Crippen LogP contribution is -2.44. The van der Waals surface area contributed by atoms with Crippen LogP contribution in [0.3, 0.4) is 0 Å². The zero-order valence-corrected chi connectivity index (χ0v) is 15.2. The molecule has 6 nitrogen and oxygen atoms in total. The molecule has 1 aliphatic rings. The average Bonchev–Trinajstić information content (AvgIpc) is 3.01. The van der Waals surface area contributed by atoms with Gasteiger partial charge in [-0.3, -0.25) is 10.2 Å². The third-order valence-corrected chi connectivity index (χ3v) is 4.28. The Morgan fingerprint density at radius 1 is 1.20 bits per heavy atom. The predicted octanol–water partition coefficient (Wildman–Crippen LogP) is 3.11. The number of aromatic nitrogens is 2. The van der Waals surface area contributed by atoms with Crippen LogP contribution >= 0.6 is 0 Å². The third-order valence-electron chi connectivity index (χ3n) is 4.28. The second-order valence-electron chi connectivity index (χ2n) is 7.32. The van der Waals surface area contributed by atoms with Crippen LogP contribution in [-0.4, -0.2) is 34.2 Å². The molecule has 1 N–H and O–H groups in total. The highest BCUT2D eigenvalue weighted by molar-refractivity contribution is 5.93. The van der Waals surface area contributed by atoms with Crippen LogP contribution in [0.4, 0.5) is 0 Å². The van der Waals surface area contributed by atoms with Crippen LogP contribution in [-0.2, 0) is 5.41 Å². The molecule has 0 aliphatic carbocycles. The molecule has 0 bridgehead atoms. The second kappa shape index (κ2) is 6.80. The maximum atomic E-state index is 12.4. The Hall–Kier alpha value is -2.47. The Bertz CT molecular complexity index is 785. The Balaban J connectivity index is 1.60. The van der Waals surface area contributed by atoms with Crippen LogP contribution in [0.2, 0.25) is 0 Å². The fourth-order valence-electron chi connectivity index (χ4n) is 2.72. The van der Waals surface area contributed by atoms with Crippen LogP contribution in [0.25, 0.3) is 5.57 Å². The van der Waals surface area contributed by atoms with Crippen molar-refractivity contribution in [3.05, 3.63) is 53.2 Å². The molecular weight excluding hydrogens is 316 g/mol. The number of nitrogens with zero attached hydrogens (tertiary/aromatic N) is 3. The van der Waals surface area contributed by atoms with Crippen molar-refractivity contribution in [1.29, 1.82) is 0 Å². The Kier molecular flexibility index (Phi) is 4.72. The minimum absolute atomic E-state index is 0.0795. The Labute approximate surface area is 147 Å². The first-order valence-corrected chi connectivity index (χ1v) is 8.49. The highest BCUT2D eigenvalue weighted by Gasteiger charge is 2.19. The number of aryl methyl sites for hydroxylation is 1. The lowest BCUT2D eigenvalue weighted by molar-refractivity contribution is 0.0806. The minimum Gasteiger partial charge on any atom is -0.421 e. The van der Waals surface area contributed by atoms with Crippen LogP contribution in [0.15, 0.2) is 34.8 Å². The molecule has 3 rings (SSSR count). The van der Waals surface area contributed by atoms with Gasteiger partial charge in [-0.25, -0.2) is 5.01 Å². The van der Waals surface area contributed by atoms with Crippen LogP contribution in [0, 0.1) is 6.92 Å². The number of carbonyl (C=O) groups excluding carboxylic acids is 1. The van der Waals surface area contributed by atoms with Gasteiger partial charge in [-0.2, -0.15) is 0 Å². The summed E-state index contributed by atoms with van der Waals surface area (Å²) in [5.41, 5.74) is 5.94. The van der Waals surface area contributed by atoms with Crippen molar-refractivity contribution in [3.8, 4) is 0 Å². The second-order valence-corrected chi connectivity index (χ2v) is 7.32. The molecule has 6 heteroatoms. The standard InChI is InChI=1S/C19H24N4O2/c1-13-20-21-18(25-13)15-9-11-23(12-10-15)22-17(24)14-5-7-16(8-6-14)19(2,3)4/h5-9H,10-12H2,1-4H3,(H,22,24). The zero-order valence-electron chi connectivity index (χ0n) is 15.2. The number of benzene rings is 1. The molecule has 2 heterocycles. The first kappa shape index (κ1) is 17.4. The SMILES string of the molecule is Cc1nnc(C2=CCN(NC(=O)c3ccc(C(C)(C)C)cc3)CC2)o1. The van der Waals surface area contributed by atoms with E-state index in [1.54, 1.807) is 6.92 Å². The number of nitrogens with one attached hydrogen (secondary N) is 1. The van der Waals surface area contributed by atoms with Crippen molar-refractivity contribution in [3.63, 3.8) is 0 Å². The maximum absolute atomic E-state index is 12.4. The summed E-state index contributed by atoms with van der Waals surface area (Å²) in [6.07, 6.45) is 2.77. The molecule has 0 radical (unpaired) electrons. The molecule has 2 aromatic rings. The third kappa shape index (κ3) is 4.14. The Morgan fingerprint density at radius 3 is 2.44 bits per heavy atom. The molecule has 0 fully saturated rings. The van der Waals surface area contributed by atoms with Crippen LogP contribution in [0.1, 0.15) is 54.9 Å². The summed E-state index contributed by atoms with van der Waals surface area (Å²) >= 11 is 0. The van der Waals surface area contributed by atoms with Gasteiger partial charge in [0, 0.05) is 31.1 Å². The van der Waals surface area contributed by atoms with E-state index >= 15 is 0 Å². The largest absolute Gasteiger partial charge is 0.421 e. The molecule has 0 spiro atoms. The number of hydrogen-bond acceptors (Lipinski definition) is 5. The van der Waals surface area contributed by atoms with E-state index in [2.05, 4.69) is 36.4 Å². The van der Waals surface area contributed by atoms with E-state index in [0.717, 1.165) is 12.0 Å². The van der Waals surface area contributed by atoms with Crippen molar-refractivity contribution >= 4 is 11.5 Å². The summed E-state index contributed by atoms with van der Waals surface area (Å²) in [5.74, 6) is 1.04. The maximum Gasteiger partial charge on any atom is 0.265 e. The first-order chi connectivity index (χ1) is 11.8. The molecule has 0 unspecified atom stereocenters. The Morgan fingerprint density at radius 2 is 1.92 bits per heavy atom. The number of hydrogen-bond donors (Lipinski definition) is 1. The van der Waals surface area contributed by atoms with Gasteiger partial charge in [-0.15, -0.1) is 10.2 Å². The van der Waals surface area contributed by atoms with Gasteiger partial charge in [0.15, 0.2) is 0 Å². The quantitative estimate of drug-likeness (QED) is 0.929. The van der Waals surface area contributed by atoms with Gasteiger partial charge < -0.3 is 4.42 Å². The van der Waals surface area contributed by atoms with Gasteiger partial charge in [0.1, 0.15) is 0 Å². The van der Waals surface area contributed by atoms with E-state index in [0.29, 0.717) is 30.4 Å². The molecule has 1 aromatic heterocycles. The van der Waals surface area contributed by atoms with E-state index < -0.39 is 0 Å². The number of rotatable bonds is 3. The van der Waals surface area contributed by atoms with E-state index in [9.17, 15) is 4.79 Å². The molecule has 0 saturated carbocycles. The van der Waals surface area contributed by atoms with Crippen molar-refractivity contribution < 1.29 is 9.21 Å². The van der Waals surface area contributed by atoms with Gasteiger partial charge in [0.05, 0.1) is 0 Å². The summed E-state index contributed by atoms with van der Waals surface area (Å²) in [7, 11) is 0. The molecule has 1 amide bonds. The first-order valence-electron chi connectivity index (χ1n) is 8.49. The van der Waals surface area contributed by atoms with Gasteiger partial charge in [0.2, 0.25) is 11.8 Å². The summed E-state index contributed by atoms with van der Waals surface area (Å²) < 4.78 is 5.45. The number of hydrazine groups is 1. The molecule has 1 aromatic carbocycles. The van der Waals surface area contributed by atoms with E-state index in [-0.39, 0.29) is 11.3 Å². The minimum atomic E-state index is -0.0917. The van der Waals surface area contributed by atoms with Gasteiger partial charge >= 0.3 is 0 Å². The normalized spacial score (nSPS) is 15.8. The zero-order chi connectivity index (χ0) is 18.0. The topological polar surface area (TPSA) is 71.3 Å². The molecule has 1 aliphatic heterocycles. The van der Waals surface area contributed by atoms with E-state index in [1.165, 1.54) is 5.56 Å². The molecular formula is C19H24N4O2. The highest BCUT2D eigenvalue weighted by atomic mass is 16.4.